The van der Waals surface area contributed by atoms with Gasteiger partial charge in [-0.05, 0) is 32.2 Å². The van der Waals surface area contributed by atoms with E-state index in [4.69, 9.17) is 16.6 Å². The lowest BCUT2D eigenvalue weighted by Crippen LogP contribution is -2.47. The number of nitrogens with zero attached hydrogens (tertiary/aromatic N) is 8. The second-order valence-corrected chi connectivity index (χ2v) is 9.04. The fourth-order valence-corrected chi connectivity index (χ4v) is 4.44. The van der Waals surface area contributed by atoms with Gasteiger partial charge in [0.2, 0.25) is 5.95 Å². The minimum atomic E-state index is -0.537. The molecular weight excluding hydrogens is 459 g/mol. The van der Waals surface area contributed by atoms with E-state index in [-0.39, 0.29) is 38.9 Å². The SMILES string of the molecule is Cc1nc2c(-c3ccc(Cl)cc3F)nc(N3CCN(C)[C@H](c4cnn(C)c4)C3)nc2c(=O)n1C. The Labute approximate surface area is 200 Å². The van der Waals surface area contributed by atoms with Crippen molar-refractivity contribution in [1.82, 2.24) is 34.2 Å². The molecule has 0 unspecified atom stereocenters. The molecule has 1 atom stereocenters. The molecule has 4 heterocycles. The van der Waals surface area contributed by atoms with Gasteiger partial charge in [0.25, 0.3) is 5.56 Å². The Balaban J connectivity index is 1.68. The summed E-state index contributed by atoms with van der Waals surface area (Å²) in [7, 11) is 5.59. The summed E-state index contributed by atoms with van der Waals surface area (Å²) in [5, 5.41) is 4.58. The maximum atomic E-state index is 15.0. The van der Waals surface area contributed by atoms with E-state index in [1.54, 1.807) is 30.8 Å². The second-order valence-electron chi connectivity index (χ2n) is 8.61. The van der Waals surface area contributed by atoms with Crippen LogP contribution >= 0.6 is 11.6 Å². The van der Waals surface area contributed by atoms with Gasteiger partial charge in [0, 0.05) is 56.1 Å². The molecule has 9 nitrogen and oxygen atoms in total. The minimum Gasteiger partial charge on any atom is -0.338 e. The van der Waals surface area contributed by atoms with Crippen molar-refractivity contribution in [3.05, 3.63) is 63.2 Å². The number of aryl methyl sites for hydroxylation is 2. The van der Waals surface area contributed by atoms with Gasteiger partial charge in [0.1, 0.15) is 22.9 Å². The van der Waals surface area contributed by atoms with E-state index < -0.39 is 5.82 Å². The maximum absolute atomic E-state index is 15.0. The summed E-state index contributed by atoms with van der Waals surface area (Å²) < 4.78 is 18.2. The summed E-state index contributed by atoms with van der Waals surface area (Å²) >= 11 is 5.98. The van der Waals surface area contributed by atoms with E-state index in [1.165, 1.54) is 10.6 Å². The number of rotatable bonds is 3. The molecule has 1 fully saturated rings. The highest BCUT2D eigenvalue weighted by Gasteiger charge is 2.29. The summed E-state index contributed by atoms with van der Waals surface area (Å²) in [5.41, 5.74) is 1.68. The van der Waals surface area contributed by atoms with Crippen molar-refractivity contribution in [3.63, 3.8) is 0 Å². The molecule has 1 aliphatic rings. The number of fused-ring (bicyclic) bond motifs is 1. The van der Waals surface area contributed by atoms with Gasteiger partial charge in [0.05, 0.1) is 12.2 Å². The first-order valence-corrected chi connectivity index (χ1v) is 11.2. The van der Waals surface area contributed by atoms with E-state index in [0.717, 1.165) is 12.1 Å². The molecule has 34 heavy (non-hydrogen) atoms. The first kappa shape index (κ1) is 22.4. The number of benzene rings is 1. The van der Waals surface area contributed by atoms with Crippen molar-refractivity contribution < 1.29 is 4.39 Å². The highest BCUT2D eigenvalue weighted by atomic mass is 35.5. The number of aromatic nitrogens is 6. The van der Waals surface area contributed by atoms with Gasteiger partial charge in [-0.2, -0.15) is 5.10 Å². The van der Waals surface area contributed by atoms with Crippen LogP contribution in [0.1, 0.15) is 17.4 Å². The quantitative estimate of drug-likeness (QED) is 0.444. The number of piperazine rings is 1. The lowest BCUT2D eigenvalue weighted by atomic mass is 10.1. The van der Waals surface area contributed by atoms with Gasteiger partial charge >= 0.3 is 0 Å². The first-order chi connectivity index (χ1) is 16.2. The third-order valence-corrected chi connectivity index (χ3v) is 6.60. The average Bonchev–Trinajstić information content (AvgIpc) is 3.24. The second kappa shape index (κ2) is 8.44. The number of hydrogen-bond donors (Lipinski definition) is 0. The third kappa shape index (κ3) is 3.82. The Morgan fingerprint density at radius 2 is 1.88 bits per heavy atom. The molecule has 1 aliphatic heterocycles. The number of anilines is 1. The third-order valence-electron chi connectivity index (χ3n) is 6.37. The van der Waals surface area contributed by atoms with Crippen LogP contribution in [0.15, 0.2) is 35.4 Å². The average molecular weight is 483 g/mol. The Hall–Kier alpha value is -3.37. The van der Waals surface area contributed by atoms with E-state index in [0.29, 0.717) is 24.9 Å². The Morgan fingerprint density at radius 1 is 1.09 bits per heavy atom. The molecule has 0 aliphatic carbocycles. The van der Waals surface area contributed by atoms with E-state index in [1.807, 2.05) is 24.3 Å². The van der Waals surface area contributed by atoms with Gasteiger partial charge in [-0.3, -0.25) is 18.9 Å². The normalized spacial score (nSPS) is 17.0. The minimum absolute atomic E-state index is 0.0661. The summed E-state index contributed by atoms with van der Waals surface area (Å²) in [6.45, 7) is 3.72. The summed E-state index contributed by atoms with van der Waals surface area (Å²) in [6, 6.07) is 4.44. The van der Waals surface area contributed by atoms with E-state index in [2.05, 4.69) is 27.0 Å². The fourth-order valence-electron chi connectivity index (χ4n) is 4.28. The van der Waals surface area contributed by atoms with Crippen molar-refractivity contribution in [2.75, 3.05) is 31.6 Å². The molecule has 0 radical (unpaired) electrons. The molecule has 11 heteroatoms. The molecule has 0 amide bonds. The smallest absolute Gasteiger partial charge is 0.279 e. The predicted molar refractivity (Wildman–Crippen MR) is 129 cm³/mol. The summed E-state index contributed by atoms with van der Waals surface area (Å²) in [6.07, 6.45) is 3.84. The molecule has 176 valence electrons. The van der Waals surface area contributed by atoms with Crippen molar-refractivity contribution in [1.29, 1.82) is 0 Å². The number of halogens is 2. The molecule has 3 aromatic heterocycles. The highest BCUT2D eigenvalue weighted by molar-refractivity contribution is 6.30. The largest absolute Gasteiger partial charge is 0.338 e. The molecule has 0 spiro atoms. The molecule has 0 bridgehead atoms. The number of likely N-dealkylation sites (N-methyl/N-ethyl adjacent to an activating group) is 1. The molecule has 5 rings (SSSR count). The van der Waals surface area contributed by atoms with Crippen molar-refractivity contribution >= 4 is 28.6 Å². The monoisotopic (exact) mass is 482 g/mol. The Morgan fingerprint density at radius 3 is 2.59 bits per heavy atom. The molecular formula is C23H24ClFN8O. The van der Waals surface area contributed by atoms with Crippen LogP contribution in [-0.2, 0) is 14.1 Å². The van der Waals surface area contributed by atoms with Gasteiger partial charge in [-0.1, -0.05) is 11.6 Å². The standard InChI is InChI=1S/C23H24ClFN8O/c1-13-27-20-19(16-6-5-15(24)9-17(16)25)28-23(29-21(20)22(34)32(13)4)33-8-7-30(2)18(12-33)14-10-26-31(3)11-14/h5-6,9-11,18H,7-8,12H2,1-4H3/t18-/m0/s1. The van der Waals surface area contributed by atoms with Crippen LogP contribution in [0.25, 0.3) is 22.3 Å². The Kier molecular flexibility index (Phi) is 5.57. The zero-order chi connectivity index (χ0) is 24.1. The molecule has 1 saturated heterocycles. The van der Waals surface area contributed by atoms with Crippen molar-refractivity contribution in [3.8, 4) is 11.3 Å². The highest BCUT2D eigenvalue weighted by Crippen LogP contribution is 2.31. The zero-order valence-electron chi connectivity index (χ0n) is 19.3. The van der Waals surface area contributed by atoms with Gasteiger partial charge in [0.15, 0.2) is 5.52 Å². The zero-order valence-corrected chi connectivity index (χ0v) is 20.1. The van der Waals surface area contributed by atoms with Crippen LogP contribution in [0.4, 0.5) is 10.3 Å². The summed E-state index contributed by atoms with van der Waals surface area (Å²) in [5.74, 6) is 0.312. The van der Waals surface area contributed by atoms with Crippen LogP contribution in [0.5, 0.6) is 0 Å². The maximum Gasteiger partial charge on any atom is 0.279 e. The molecule has 4 aromatic rings. The lowest BCUT2D eigenvalue weighted by Gasteiger charge is -2.39. The van der Waals surface area contributed by atoms with Gasteiger partial charge in [-0.25, -0.2) is 19.3 Å². The van der Waals surface area contributed by atoms with Crippen LogP contribution in [0.3, 0.4) is 0 Å². The number of hydrogen-bond acceptors (Lipinski definition) is 7. The van der Waals surface area contributed by atoms with Crippen LogP contribution < -0.4 is 10.5 Å². The topological polar surface area (TPSA) is 85.0 Å². The predicted octanol–water partition coefficient (Wildman–Crippen LogP) is 2.72. The van der Waals surface area contributed by atoms with Crippen LogP contribution in [0.2, 0.25) is 5.02 Å². The lowest BCUT2D eigenvalue weighted by molar-refractivity contribution is 0.220. The summed E-state index contributed by atoms with van der Waals surface area (Å²) in [4.78, 5) is 31.3. The van der Waals surface area contributed by atoms with Crippen molar-refractivity contribution in [2.24, 2.45) is 14.1 Å². The van der Waals surface area contributed by atoms with Crippen LogP contribution in [0, 0.1) is 12.7 Å². The fraction of sp³-hybridized carbons (Fsp3) is 0.348. The molecule has 0 saturated carbocycles. The van der Waals surface area contributed by atoms with Crippen molar-refractivity contribution in [2.45, 2.75) is 13.0 Å². The van der Waals surface area contributed by atoms with E-state index in [9.17, 15) is 9.18 Å². The molecule has 0 N–H and O–H groups in total. The van der Waals surface area contributed by atoms with Gasteiger partial charge in [-0.15, -0.1) is 0 Å². The van der Waals surface area contributed by atoms with Gasteiger partial charge < -0.3 is 4.90 Å². The van der Waals surface area contributed by atoms with Crippen LogP contribution in [-0.4, -0.2) is 60.9 Å². The molecule has 1 aromatic carbocycles. The first-order valence-electron chi connectivity index (χ1n) is 10.9. The van der Waals surface area contributed by atoms with E-state index >= 15 is 0 Å². The Bertz CT molecular complexity index is 1470.